The summed E-state index contributed by atoms with van der Waals surface area (Å²) in [4.78, 5) is 10.8. The number of para-hydroxylation sites is 1. The molecule has 4 rings (SSSR count). The molecule has 0 atom stereocenters. The molecule has 0 saturated carbocycles. The van der Waals surface area contributed by atoms with Crippen molar-refractivity contribution < 1.29 is 9.90 Å². The number of fused-ring (bicyclic) bond motifs is 4. The Morgan fingerprint density at radius 1 is 0.667 bits per heavy atom. The molecular weight excluding hydrogens is 260 g/mol. The lowest BCUT2D eigenvalue weighted by molar-refractivity contribution is 0.112. The third kappa shape index (κ3) is 2.43. The van der Waals surface area contributed by atoms with Gasteiger partial charge >= 0.3 is 0 Å². The van der Waals surface area contributed by atoms with Crippen LogP contribution in [-0.4, -0.2) is 11.4 Å². The zero-order chi connectivity index (χ0) is 14.7. The summed E-state index contributed by atoms with van der Waals surface area (Å²) < 4.78 is 0. The molecule has 0 heterocycles. The van der Waals surface area contributed by atoms with Crippen molar-refractivity contribution in [3.8, 4) is 28.0 Å². The number of phenolic OH excluding ortho intramolecular Hbond substituents is 1. The van der Waals surface area contributed by atoms with Crippen LogP contribution >= 0.6 is 0 Å². The fraction of sp³-hybridized carbons (Fsp3) is 0. The highest BCUT2D eigenvalue weighted by molar-refractivity contribution is 6.08. The van der Waals surface area contributed by atoms with Crippen molar-refractivity contribution in [2.75, 3.05) is 0 Å². The molecule has 0 amide bonds. The molecule has 1 N–H and O–H groups in total. The van der Waals surface area contributed by atoms with Crippen molar-refractivity contribution in [3.05, 3.63) is 78.4 Å². The molecule has 0 bridgehead atoms. The first-order chi connectivity index (χ1) is 10.3. The van der Waals surface area contributed by atoms with Gasteiger partial charge in [-0.25, -0.2) is 0 Å². The van der Waals surface area contributed by atoms with Crippen molar-refractivity contribution in [2.45, 2.75) is 0 Å². The Morgan fingerprint density at radius 2 is 1.29 bits per heavy atom. The highest BCUT2D eigenvalue weighted by Crippen LogP contribution is 2.47. The van der Waals surface area contributed by atoms with Crippen LogP contribution in [0.15, 0.2) is 72.8 Å². The van der Waals surface area contributed by atoms with Gasteiger partial charge in [-0.1, -0.05) is 60.7 Å². The molecule has 0 fully saturated rings. The Morgan fingerprint density at radius 3 is 1.90 bits per heavy atom. The van der Waals surface area contributed by atoms with Gasteiger partial charge in [0.15, 0.2) is 6.29 Å². The maximum Gasteiger partial charge on any atom is 0.150 e. The Bertz CT molecular complexity index is 777. The second-order valence-corrected chi connectivity index (χ2v) is 4.77. The molecule has 3 aromatic rings. The number of hydrogen-bond acceptors (Lipinski definition) is 2. The van der Waals surface area contributed by atoms with Crippen LogP contribution in [0.2, 0.25) is 0 Å². The summed E-state index contributed by atoms with van der Waals surface area (Å²) in [5, 5.41) is 8.63. The molecule has 2 heteroatoms. The third-order valence-electron chi connectivity index (χ3n) is 3.47. The third-order valence-corrected chi connectivity index (χ3v) is 3.47. The maximum absolute atomic E-state index is 10.8. The van der Waals surface area contributed by atoms with Crippen molar-refractivity contribution in [2.24, 2.45) is 0 Å². The summed E-state index contributed by atoms with van der Waals surface area (Å²) in [6.07, 6.45) is 0.925. The summed E-state index contributed by atoms with van der Waals surface area (Å²) in [5.41, 5.74) is 5.56. The topological polar surface area (TPSA) is 37.3 Å². The molecule has 3 aromatic carbocycles. The number of aldehydes is 1. The van der Waals surface area contributed by atoms with Crippen molar-refractivity contribution in [1.82, 2.24) is 0 Å². The number of hydrogen-bond donors (Lipinski definition) is 1. The number of aromatic hydroxyl groups is 1. The predicted octanol–water partition coefficient (Wildman–Crippen LogP) is 4.54. The van der Waals surface area contributed by atoms with Crippen LogP contribution in [-0.2, 0) is 0 Å². The van der Waals surface area contributed by atoms with Crippen molar-refractivity contribution >= 4 is 6.29 Å². The van der Waals surface area contributed by atoms with E-state index in [9.17, 15) is 4.79 Å². The van der Waals surface area contributed by atoms with Gasteiger partial charge in [-0.05, 0) is 28.8 Å². The zero-order valence-corrected chi connectivity index (χ0v) is 11.4. The van der Waals surface area contributed by atoms with E-state index < -0.39 is 0 Å². The average Bonchev–Trinajstić information content (AvgIpc) is 2.53. The first-order valence-corrected chi connectivity index (χ1v) is 6.73. The molecule has 1 aliphatic carbocycles. The van der Waals surface area contributed by atoms with Gasteiger partial charge in [0, 0.05) is 11.1 Å². The Balaban J connectivity index is 0.000000160. The van der Waals surface area contributed by atoms with Gasteiger partial charge < -0.3 is 5.11 Å². The lowest BCUT2D eigenvalue weighted by Gasteiger charge is -2.24. The molecule has 0 spiro atoms. The Kier molecular flexibility index (Phi) is 3.52. The minimum Gasteiger partial charge on any atom is -0.508 e. The van der Waals surface area contributed by atoms with Gasteiger partial charge in [0.1, 0.15) is 5.75 Å². The van der Waals surface area contributed by atoms with Crippen LogP contribution < -0.4 is 0 Å². The van der Waals surface area contributed by atoms with E-state index in [1.807, 2.05) is 30.3 Å². The summed E-state index contributed by atoms with van der Waals surface area (Å²) >= 11 is 0. The van der Waals surface area contributed by atoms with E-state index in [0.717, 1.165) is 17.4 Å². The van der Waals surface area contributed by atoms with Gasteiger partial charge in [-0.15, -0.1) is 0 Å². The Labute approximate surface area is 123 Å². The summed E-state index contributed by atoms with van der Waals surface area (Å²) in [6, 6.07) is 22.7. The molecule has 0 radical (unpaired) electrons. The number of benzene rings is 3. The first-order valence-electron chi connectivity index (χ1n) is 6.73. The first kappa shape index (κ1) is 13.1. The molecule has 21 heavy (non-hydrogen) atoms. The molecular formula is C19H14O2. The fourth-order valence-electron chi connectivity index (χ4n) is 2.49. The molecule has 1 aliphatic rings. The highest BCUT2D eigenvalue weighted by Gasteiger charge is 2.23. The monoisotopic (exact) mass is 274 g/mol. The second kappa shape index (κ2) is 5.63. The average molecular weight is 274 g/mol. The molecule has 2 nitrogen and oxygen atoms in total. The van der Waals surface area contributed by atoms with Crippen LogP contribution in [0.1, 0.15) is 10.4 Å². The smallest absolute Gasteiger partial charge is 0.150 e. The van der Waals surface area contributed by atoms with Crippen molar-refractivity contribution in [1.29, 1.82) is 0 Å². The second-order valence-electron chi connectivity index (χ2n) is 4.77. The minimum absolute atomic E-state index is 0.322. The van der Waals surface area contributed by atoms with Crippen molar-refractivity contribution in [3.63, 3.8) is 0 Å². The standard InChI is InChI=1S/C13H8O.C6H6O/c14-8-9-4-3-7-12-10-5-1-2-6-11(10)13(9)12;7-6-4-2-1-3-5-6/h1-8H;1-5,7H. The van der Waals surface area contributed by atoms with Gasteiger partial charge in [-0.2, -0.15) is 0 Å². The van der Waals surface area contributed by atoms with Gasteiger partial charge in [-0.3, -0.25) is 4.79 Å². The van der Waals surface area contributed by atoms with Crippen LogP contribution in [0, 0.1) is 0 Å². The summed E-state index contributed by atoms with van der Waals surface area (Å²) in [6.45, 7) is 0. The van der Waals surface area contributed by atoms with Crippen LogP contribution in [0.4, 0.5) is 0 Å². The van der Waals surface area contributed by atoms with E-state index in [-0.39, 0.29) is 0 Å². The summed E-state index contributed by atoms with van der Waals surface area (Å²) in [5.74, 6) is 0.322. The SMILES string of the molecule is O=Cc1cccc2c1-c1ccccc1-2.Oc1ccccc1. The quantitative estimate of drug-likeness (QED) is 0.517. The zero-order valence-electron chi connectivity index (χ0n) is 11.4. The molecule has 0 aliphatic heterocycles. The van der Waals surface area contributed by atoms with E-state index in [1.54, 1.807) is 24.3 Å². The maximum atomic E-state index is 10.8. The van der Waals surface area contributed by atoms with Crippen LogP contribution in [0.5, 0.6) is 5.75 Å². The molecule has 102 valence electrons. The minimum atomic E-state index is 0.322. The lowest BCUT2D eigenvalue weighted by atomic mass is 9.78. The van der Waals surface area contributed by atoms with Gasteiger partial charge in [0.2, 0.25) is 0 Å². The van der Waals surface area contributed by atoms with E-state index in [4.69, 9.17) is 5.11 Å². The Hall–Kier alpha value is -2.87. The largest absolute Gasteiger partial charge is 0.508 e. The molecule has 0 saturated heterocycles. The fourth-order valence-corrected chi connectivity index (χ4v) is 2.49. The summed E-state index contributed by atoms with van der Waals surface area (Å²) in [7, 11) is 0. The predicted molar refractivity (Wildman–Crippen MR) is 84.4 cm³/mol. The number of carbonyl (C=O) groups excluding carboxylic acids is 1. The van der Waals surface area contributed by atoms with E-state index in [1.165, 1.54) is 16.7 Å². The van der Waals surface area contributed by atoms with E-state index in [0.29, 0.717) is 5.75 Å². The van der Waals surface area contributed by atoms with Gasteiger partial charge in [0.05, 0.1) is 0 Å². The number of rotatable bonds is 1. The molecule has 0 unspecified atom stereocenters. The lowest BCUT2D eigenvalue weighted by Crippen LogP contribution is -2.01. The number of phenols is 1. The van der Waals surface area contributed by atoms with E-state index >= 15 is 0 Å². The highest BCUT2D eigenvalue weighted by atomic mass is 16.3. The van der Waals surface area contributed by atoms with E-state index in [2.05, 4.69) is 18.2 Å². The normalized spacial score (nSPS) is 10.3. The number of carbonyl (C=O) groups is 1. The van der Waals surface area contributed by atoms with Crippen LogP contribution in [0.3, 0.4) is 0 Å². The van der Waals surface area contributed by atoms with Gasteiger partial charge in [0.25, 0.3) is 0 Å². The van der Waals surface area contributed by atoms with Crippen LogP contribution in [0.25, 0.3) is 22.3 Å². The molecule has 0 aromatic heterocycles.